The highest BCUT2D eigenvalue weighted by molar-refractivity contribution is 6.34. The molecule has 1 amide bonds. The Hall–Kier alpha value is -1.76. The lowest BCUT2D eigenvalue weighted by Crippen LogP contribution is -2.30. The van der Waals surface area contributed by atoms with E-state index in [0.29, 0.717) is 17.1 Å². The molecule has 4 rings (SSSR count). The number of carbonyl (C=O) groups excluding carboxylic acids is 1. The number of fused-ring (bicyclic) bond motifs is 1. The molecule has 2 aromatic rings. The smallest absolute Gasteiger partial charge is 0.253 e. The Balaban J connectivity index is 0.00000210. The number of hydrogen-bond donors (Lipinski definition) is 2. The van der Waals surface area contributed by atoms with Crippen molar-refractivity contribution in [3.8, 4) is 0 Å². The molecule has 0 aliphatic carbocycles. The van der Waals surface area contributed by atoms with Crippen molar-refractivity contribution in [2.75, 3.05) is 24.5 Å². The standard InChI is InChI=1S/C19H24ClN5O.ClH/c20-18-5-4-15(24-7-2-1-3-8-24)11-17(18)19(26)22-12-14-10-16-13-21-6-9-25(16)23-14;/h4-5,10-11,21H,1-3,6-9,12-13H2,(H,22,26);1H. The minimum absolute atomic E-state index is 0. The number of benzene rings is 1. The average Bonchev–Trinajstić information content (AvgIpc) is 3.10. The summed E-state index contributed by atoms with van der Waals surface area (Å²) in [5, 5.41) is 11.3. The molecule has 0 unspecified atom stereocenters. The first-order valence-electron chi connectivity index (χ1n) is 9.30. The largest absolute Gasteiger partial charge is 0.372 e. The first-order valence-corrected chi connectivity index (χ1v) is 9.67. The van der Waals surface area contributed by atoms with Crippen molar-refractivity contribution in [3.63, 3.8) is 0 Å². The van der Waals surface area contributed by atoms with Gasteiger partial charge in [-0.05, 0) is 43.5 Å². The monoisotopic (exact) mass is 409 g/mol. The Morgan fingerprint density at radius 3 is 2.78 bits per heavy atom. The van der Waals surface area contributed by atoms with Gasteiger partial charge in [0.2, 0.25) is 0 Å². The fourth-order valence-electron chi connectivity index (χ4n) is 3.64. The molecule has 146 valence electrons. The molecule has 2 aliphatic rings. The first-order chi connectivity index (χ1) is 12.7. The second kappa shape index (κ2) is 8.95. The predicted molar refractivity (Wildman–Crippen MR) is 110 cm³/mol. The van der Waals surface area contributed by atoms with E-state index in [1.807, 2.05) is 28.9 Å². The van der Waals surface area contributed by atoms with E-state index in [2.05, 4.69) is 20.6 Å². The summed E-state index contributed by atoms with van der Waals surface area (Å²) in [5.74, 6) is -0.155. The molecule has 1 aromatic carbocycles. The zero-order chi connectivity index (χ0) is 17.9. The van der Waals surface area contributed by atoms with E-state index in [9.17, 15) is 4.79 Å². The number of halogens is 2. The van der Waals surface area contributed by atoms with Gasteiger partial charge in [0.15, 0.2) is 0 Å². The van der Waals surface area contributed by atoms with Crippen LogP contribution in [0, 0.1) is 0 Å². The zero-order valence-corrected chi connectivity index (χ0v) is 16.8. The third kappa shape index (κ3) is 4.57. The number of nitrogens with zero attached hydrogens (tertiary/aromatic N) is 3. The Bertz CT molecular complexity index is 778. The van der Waals surface area contributed by atoms with Gasteiger partial charge in [-0.25, -0.2) is 0 Å². The van der Waals surface area contributed by atoms with Crippen molar-refractivity contribution in [1.82, 2.24) is 20.4 Å². The summed E-state index contributed by atoms with van der Waals surface area (Å²) in [6, 6.07) is 7.77. The fraction of sp³-hybridized carbons (Fsp3) is 0.474. The van der Waals surface area contributed by atoms with Gasteiger partial charge in [-0.2, -0.15) is 5.10 Å². The van der Waals surface area contributed by atoms with E-state index in [-0.39, 0.29) is 18.3 Å². The summed E-state index contributed by atoms with van der Waals surface area (Å²) in [7, 11) is 0. The maximum atomic E-state index is 12.7. The Kier molecular flexibility index (Phi) is 6.63. The van der Waals surface area contributed by atoms with Crippen molar-refractivity contribution >= 4 is 35.6 Å². The lowest BCUT2D eigenvalue weighted by molar-refractivity contribution is 0.0950. The molecule has 0 atom stereocenters. The molecule has 0 radical (unpaired) electrons. The molecule has 0 saturated carbocycles. The van der Waals surface area contributed by atoms with Crippen molar-refractivity contribution in [1.29, 1.82) is 0 Å². The van der Waals surface area contributed by atoms with Crippen LogP contribution in [0.5, 0.6) is 0 Å². The average molecular weight is 410 g/mol. The minimum Gasteiger partial charge on any atom is -0.372 e. The van der Waals surface area contributed by atoms with Crippen molar-refractivity contribution < 1.29 is 4.79 Å². The van der Waals surface area contributed by atoms with E-state index < -0.39 is 0 Å². The number of rotatable bonds is 4. The number of piperidine rings is 1. The Morgan fingerprint density at radius 1 is 1.19 bits per heavy atom. The molecule has 1 aromatic heterocycles. The van der Waals surface area contributed by atoms with E-state index in [4.69, 9.17) is 11.6 Å². The molecule has 0 spiro atoms. The van der Waals surface area contributed by atoms with Crippen LogP contribution in [0.25, 0.3) is 0 Å². The second-order valence-corrected chi connectivity index (χ2v) is 7.33. The molecule has 8 heteroatoms. The summed E-state index contributed by atoms with van der Waals surface area (Å²) in [6.07, 6.45) is 3.68. The van der Waals surface area contributed by atoms with Crippen molar-refractivity contribution in [3.05, 3.63) is 46.2 Å². The van der Waals surface area contributed by atoms with Gasteiger partial charge in [0.25, 0.3) is 5.91 Å². The van der Waals surface area contributed by atoms with Gasteiger partial charge in [0.1, 0.15) is 0 Å². The lowest BCUT2D eigenvalue weighted by Gasteiger charge is -2.29. The zero-order valence-electron chi connectivity index (χ0n) is 15.2. The van der Waals surface area contributed by atoms with Gasteiger partial charge < -0.3 is 15.5 Å². The van der Waals surface area contributed by atoms with Crippen LogP contribution in [0.4, 0.5) is 5.69 Å². The van der Waals surface area contributed by atoms with Gasteiger partial charge in [-0.3, -0.25) is 9.48 Å². The molecule has 0 bridgehead atoms. The third-order valence-corrected chi connectivity index (χ3v) is 5.40. The molecule has 3 heterocycles. The summed E-state index contributed by atoms with van der Waals surface area (Å²) >= 11 is 6.29. The SMILES string of the molecule is Cl.O=C(NCc1cc2n(n1)CCNC2)c1cc(N2CCCCC2)ccc1Cl. The van der Waals surface area contributed by atoms with E-state index in [1.54, 1.807) is 0 Å². The summed E-state index contributed by atoms with van der Waals surface area (Å²) in [6.45, 7) is 5.11. The van der Waals surface area contributed by atoms with Crippen LogP contribution in [-0.2, 0) is 19.6 Å². The number of hydrogen-bond acceptors (Lipinski definition) is 4. The molecule has 2 N–H and O–H groups in total. The van der Waals surface area contributed by atoms with Crippen molar-refractivity contribution in [2.45, 2.75) is 38.9 Å². The quantitative estimate of drug-likeness (QED) is 0.814. The molecular formula is C19H25Cl2N5O. The number of aromatic nitrogens is 2. The highest BCUT2D eigenvalue weighted by atomic mass is 35.5. The molecule has 6 nitrogen and oxygen atoms in total. The number of carbonyl (C=O) groups is 1. The Morgan fingerprint density at radius 2 is 2.00 bits per heavy atom. The molecular weight excluding hydrogens is 385 g/mol. The van der Waals surface area contributed by atoms with Crippen molar-refractivity contribution in [2.24, 2.45) is 0 Å². The third-order valence-electron chi connectivity index (χ3n) is 5.07. The number of amides is 1. The van der Waals surface area contributed by atoms with Crippen LogP contribution in [-0.4, -0.2) is 35.3 Å². The maximum absolute atomic E-state index is 12.7. The topological polar surface area (TPSA) is 62.2 Å². The summed E-state index contributed by atoms with van der Waals surface area (Å²) < 4.78 is 2.00. The van der Waals surface area contributed by atoms with Crippen LogP contribution < -0.4 is 15.5 Å². The van der Waals surface area contributed by atoms with Gasteiger partial charge in [0.05, 0.1) is 35.1 Å². The van der Waals surface area contributed by atoms with Gasteiger partial charge >= 0.3 is 0 Å². The molecule has 27 heavy (non-hydrogen) atoms. The van der Waals surface area contributed by atoms with Crippen LogP contribution in [0.3, 0.4) is 0 Å². The van der Waals surface area contributed by atoms with Crippen LogP contribution in [0.15, 0.2) is 24.3 Å². The normalized spacial score (nSPS) is 16.4. The van der Waals surface area contributed by atoms with E-state index in [0.717, 1.165) is 49.8 Å². The minimum atomic E-state index is -0.155. The maximum Gasteiger partial charge on any atom is 0.253 e. The van der Waals surface area contributed by atoms with E-state index in [1.165, 1.54) is 19.3 Å². The lowest BCUT2D eigenvalue weighted by atomic mass is 10.1. The van der Waals surface area contributed by atoms with Gasteiger partial charge in [0, 0.05) is 31.9 Å². The number of nitrogens with one attached hydrogen (secondary N) is 2. The number of anilines is 1. The first kappa shape index (κ1) is 20.0. The van der Waals surface area contributed by atoms with Gasteiger partial charge in [-0.1, -0.05) is 11.6 Å². The Labute approximate surface area is 170 Å². The second-order valence-electron chi connectivity index (χ2n) is 6.92. The molecule has 1 saturated heterocycles. The molecule has 2 aliphatic heterocycles. The highest BCUT2D eigenvalue weighted by Gasteiger charge is 2.17. The van der Waals surface area contributed by atoms with E-state index >= 15 is 0 Å². The van der Waals surface area contributed by atoms with Crippen LogP contribution >= 0.6 is 24.0 Å². The summed E-state index contributed by atoms with van der Waals surface area (Å²) in [5.41, 5.74) is 3.63. The fourth-order valence-corrected chi connectivity index (χ4v) is 3.84. The van der Waals surface area contributed by atoms with Crippen LogP contribution in [0.1, 0.15) is 41.0 Å². The van der Waals surface area contributed by atoms with Gasteiger partial charge in [-0.15, -0.1) is 12.4 Å². The summed E-state index contributed by atoms with van der Waals surface area (Å²) in [4.78, 5) is 15.0. The molecule has 1 fully saturated rings. The predicted octanol–water partition coefficient (Wildman–Crippen LogP) is 2.98. The highest BCUT2D eigenvalue weighted by Crippen LogP contribution is 2.25. The van der Waals surface area contributed by atoms with Crippen LogP contribution in [0.2, 0.25) is 5.02 Å².